The van der Waals surface area contributed by atoms with Crippen LogP contribution in [-0.2, 0) is 0 Å². The van der Waals surface area contributed by atoms with E-state index in [4.69, 9.17) is 0 Å². The van der Waals surface area contributed by atoms with Gasteiger partial charge in [0, 0.05) is 6.04 Å². The van der Waals surface area contributed by atoms with Gasteiger partial charge in [0.15, 0.2) is 0 Å². The second-order valence-corrected chi connectivity index (χ2v) is 5.54. The molecule has 2 aliphatic rings. The standard InChI is InChI=1S/C13H25N/c1-4-9(2)13(14-3)12-8-10-5-6-11(12)7-10/h9-14H,4-8H2,1-3H3. The normalized spacial score (nSPS) is 40.1. The lowest BCUT2D eigenvalue weighted by atomic mass is 9.78. The van der Waals surface area contributed by atoms with Crippen molar-refractivity contribution in [1.82, 2.24) is 5.32 Å². The van der Waals surface area contributed by atoms with Crippen LogP contribution in [0, 0.1) is 23.7 Å². The number of rotatable bonds is 4. The fourth-order valence-corrected chi connectivity index (χ4v) is 3.91. The maximum absolute atomic E-state index is 3.58. The molecule has 0 radical (unpaired) electrons. The van der Waals surface area contributed by atoms with Crippen molar-refractivity contribution in [3.05, 3.63) is 0 Å². The first-order valence-corrected chi connectivity index (χ1v) is 6.43. The molecular formula is C13H25N. The van der Waals surface area contributed by atoms with Crippen molar-refractivity contribution in [2.45, 2.75) is 52.0 Å². The van der Waals surface area contributed by atoms with Gasteiger partial charge in [-0.1, -0.05) is 26.7 Å². The van der Waals surface area contributed by atoms with Crippen LogP contribution >= 0.6 is 0 Å². The van der Waals surface area contributed by atoms with E-state index in [9.17, 15) is 0 Å². The van der Waals surface area contributed by atoms with Crippen molar-refractivity contribution in [2.75, 3.05) is 7.05 Å². The third-order valence-corrected chi connectivity index (χ3v) is 4.84. The molecule has 1 heteroatoms. The van der Waals surface area contributed by atoms with Crippen LogP contribution in [0.15, 0.2) is 0 Å². The van der Waals surface area contributed by atoms with Crippen LogP contribution in [-0.4, -0.2) is 13.1 Å². The number of nitrogens with one attached hydrogen (secondary N) is 1. The molecule has 0 saturated heterocycles. The van der Waals surface area contributed by atoms with E-state index in [1.54, 1.807) is 6.42 Å². The van der Waals surface area contributed by atoms with Gasteiger partial charge in [-0.05, 0) is 50.0 Å². The first-order valence-electron chi connectivity index (χ1n) is 6.43. The van der Waals surface area contributed by atoms with Gasteiger partial charge >= 0.3 is 0 Å². The summed E-state index contributed by atoms with van der Waals surface area (Å²) >= 11 is 0. The molecule has 0 amide bonds. The Morgan fingerprint density at radius 3 is 2.50 bits per heavy atom. The van der Waals surface area contributed by atoms with E-state index >= 15 is 0 Å². The topological polar surface area (TPSA) is 12.0 Å². The van der Waals surface area contributed by atoms with E-state index in [-0.39, 0.29) is 0 Å². The van der Waals surface area contributed by atoms with E-state index in [2.05, 4.69) is 26.2 Å². The summed E-state index contributed by atoms with van der Waals surface area (Å²) in [6, 6.07) is 0.787. The molecule has 0 spiro atoms. The molecule has 5 atom stereocenters. The zero-order valence-corrected chi connectivity index (χ0v) is 9.92. The third-order valence-electron chi connectivity index (χ3n) is 4.84. The van der Waals surface area contributed by atoms with Gasteiger partial charge in [-0.15, -0.1) is 0 Å². The molecule has 2 saturated carbocycles. The Balaban J connectivity index is 1.98. The van der Waals surface area contributed by atoms with Crippen LogP contribution in [0.3, 0.4) is 0 Å². The van der Waals surface area contributed by atoms with E-state index in [1.807, 2.05) is 0 Å². The lowest BCUT2D eigenvalue weighted by molar-refractivity contribution is 0.204. The molecule has 0 aromatic carbocycles. The molecule has 82 valence electrons. The van der Waals surface area contributed by atoms with E-state index in [0.29, 0.717) is 0 Å². The second-order valence-electron chi connectivity index (χ2n) is 5.54. The van der Waals surface area contributed by atoms with Crippen LogP contribution in [0.2, 0.25) is 0 Å². The zero-order chi connectivity index (χ0) is 10.1. The summed E-state index contributed by atoms with van der Waals surface area (Å²) in [7, 11) is 2.16. The SMILES string of the molecule is CCC(C)C(NC)C1CC2CCC1C2. The Bertz CT molecular complexity index is 190. The summed E-state index contributed by atoms with van der Waals surface area (Å²) in [4.78, 5) is 0. The smallest absolute Gasteiger partial charge is 0.0121 e. The highest BCUT2D eigenvalue weighted by Crippen LogP contribution is 2.50. The molecule has 2 rings (SSSR count). The Labute approximate surface area is 88.7 Å². The summed E-state index contributed by atoms with van der Waals surface area (Å²) in [5, 5.41) is 3.58. The van der Waals surface area contributed by atoms with Crippen LogP contribution in [0.1, 0.15) is 46.0 Å². The molecule has 1 nitrogen and oxygen atoms in total. The Morgan fingerprint density at radius 2 is 2.07 bits per heavy atom. The van der Waals surface area contributed by atoms with Gasteiger partial charge in [0.1, 0.15) is 0 Å². The summed E-state index contributed by atoms with van der Waals surface area (Å²) in [5.41, 5.74) is 0. The minimum atomic E-state index is 0.787. The Kier molecular flexibility index (Phi) is 3.16. The first kappa shape index (κ1) is 10.5. The summed E-state index contributed by atoms with van der Waals surface area (Å²) in [6.45, 7) is 4.73. The highest BCUT2D eigenvalue weighted by atomic mass is 14.9. The van der Waals surface area contributed by atoms with Gasteiger partial charge < -0.3 is 5.32 Å². The van der Waals surface area contributed by atoms with Crippen LogP contribution < -0.4 is 5.32 Å². The van der Waals surface area contributed by atoms with E-state index < -0.39 is 0 Å². The van der Waals surface area contributed by atoms with Crippen molar-refractivity contribution in [2.24, 2.45) is 23.7 Å². The molecular weight excluding hydrogens is 170 g/mol. The number of fused-ring (bicyclic) bond motifs is 2. The molecule has 2 bridgehead atoms. The number of hydrogen-bond donors (Lipinski definition) is 1. The van der Waals surface area contributed by atoms with E-state index in [0.717, 1.165) is 29.7 Å². The van der Waals surface area contributed by atoms with Gasteiger partial charge in [-0.2, -0.15) is 0 Å². The minimum absolute atomic E-state index is 0.787. The third kappa shape index (κ3) is 1.71. The van der Waals surface area contributed by atoms with Crippen molar-refractivity contribution in [1.29, 1.82) is 0 Å². The zero-order valence-electron chi connectivity index (χ0n) is 9.92. The molecule has 0 aromatic rings. The molecule has 0 aromatic heterocycles. The largest absolute Gasteiger partial charge is 0.316 e. The molecule has 1 N–H and O–H groups in total. The van der Waals surface area contributed by atoms with Gasteiger partial charge in [0.2, 0.25) is 0 Å². The predicted molar refractivity (Wildman–Crippen MR) is 61.2 cm³/mol. The van der Waals surface area contributed by atoms with Crippen molar-refractivity contribution in [3.8, 4) is 0 Å². The van der Waals surface area contributed by atoms with Crippen LogP contribution in [0.4, 0.5) is 0 Å². The fourth-order valence-electron chi connectivity index (χ4n) is 3.91. The van der Waals surface area contributed by atoms with Gasteiger partial charge in [-0.3, -0.25) is 0 Å². The van der Waals surface area contributed by atoms with Crippen molar-refractivity contribution in [3.63, 3.8) is 0 Å². The average Bonchev–Trinajstić information content (AvgIpc) is 2.80. The van der Waals surface area contributed by atoms with Crippen LogP contribution in [0.5, 0.6) is 0 Å². The molecule has 14 heavy (non-hydrogen) atoms. The molecule has 0 aliphatic heterocycles. The molecule has 0 heterocycles. The Hall–Kier alpha value is -0.0400. The highest BCUT2D eigenvalue weighted by Gasteiger charge is 2.43. The van der Waals surface area contributed by atoms with Gasteiger partial charge in [0.25, 0.3) is 0 Å². The predicted octanol–water partition coefficient (Wildman–Crippen LogP) is 3.06. The summed E-state index contributed by atoms with van der Waals surface area (Å²) in [6.07, 6.45) is 7.42. The lowest BCUT2D eigenvalue weighted by Gasteiger charge is -2.34. The second kappa shape index (κ2) is 4.22. The van der Waals surface area contributed by atoms with Crippen LogP contribution in [0.25, 0.3) is 0 Å². The van der Waals surface area contributed by atoms with Gasteiger partial charge in [-0.25, -0.2) is 0 Å². The van der Waals surface area contributed by atoms with Crippen molar-refractivity contribution >= 4 is 0 Å². The summed E-state index contributed by atoms with van der Waals surface area (Å²) in [5.74, 6) is 3.99. The maximum Gasteiger partial charge on any atom is 0.0121 e. The summed E-state index contributed by atoms with van der Waals surface area (Å²) < 4.78 is 0. The quantitative estimate of drug-likeness (QED) is 0.727. The lowest BCUT2D eigenvalue weighted by Crippen LogP contribution is -2.41. The van der Waals surface area contributed by atoms with E-state index in [1.165, 1.54) is 25.7 Å². The first-order chi connectivity index (χ1) is 6.76. The molecule has 2 aliphatic carbocycles. The molecule has 5 unspecified atom stereocenters. The number of hydrogen-bond acceptors (Lipinski definition) is 1. The molecule has 2 fully saturated rings. The van der Waals surface area contributed by atoms with Crippen molar-refractivity contribution < 1.29 is 0 Å². The van der Waals surface area contributed by atoms with Gasteiger partial charge in [0.05, 0.1) is 0 Å². The minimum Gasteiger partial charge on any atom is -0.316 e. The Morgan fingerprint density at radius 1 is 1.29 bits per heavy atom. The average molecular weight is 195 g/mol. The maximum atomic E-state index is 3.58. The fraction of sp³-hybridized carbons (Fsp3) is 1.00. The monoisotopic (exact) mass is 195 g/mol. The highest BCUT2D eigenvalue weighted by molar-refractivity contribution is 4.96.